The fraction of sp³-hybridized carbons (Fsp3) is 0. The molecule has 6 heteroatoms. The highest BCUT2D eigenvalue weighted by Gasteiger charge is 2.15. The van der Waals surface area contributed by atoms with Crippen LogP contribution in [0.4, 0.5) is 10.3 Å². The Kier molecular flexibility index (Phi) is 3.06. The number of nitriles is 1. The highest BCUT2D eigenvalue weighted by Crippen LogP contribution is 2.27. The van der Waals surface area contributed by atoms with Gasteiger partial charge in [0.1, 0.15) is 11.9 Å². The van der Waals surface area contributed by atoms with Crippen molar-refractivity contribution in [1.29, 1.82) is 5.26 Å². The lowest BCUT2D eigenvalue weighted by molar-refractivity contribution is 0.622. The summed E-state index contributed by atoms with van der Waals surface area (Å²) in [6, 6.07) is 12.1. The molecule has 0 aliphatic rings. The molecule has 4 nitrogen and oxygen atoms in total. The molecule has 0 fully saturated rings. The smallest absolute Gasteiger partial charge is 0.205 e. The lowest BCUT2D eigenvalue weighted by Crippen LogP contribution is -2.02. The summed E-state index contributed by atoms with van der Waals surface area (Å²) in [6.07, 6.45) is 0. The molecule has 3 aromatic rings. The van der Waals surface area contributed by atoms with E-state index in [-0.39, 0.29) is 11.8 Å². The van der Waals surface area contributed by atoms with Crippen LogP contribution in [-0.4, -0.2) is 9.55 Å². The number of aromatic nitrogens is 2. The zero-order valence-corrected chi connectivity index (χ0v) is 12.3. The van der Waals surface area contributed by atoms with Crippen LogP contribution in [0.1, 0.15) is 5.56 Å². The minimum absolute atomic E-state index is 0.226. The van der Waals surface area contributed by atoms with Gasteiger partial charge in [-0.3, -0.25) is 4.57 Å². The third kappa shape index (κ3) is 1.91. The molecule has 20 heavy (non-hydrogen) atoms. The molecule has 1 heterocycles. The molecule has 0 radical (unpaired) electrons. The van der Waals surface area contributed by atoms with E-state index >= 15 is 0 Å². The summed E-state index contributed by atoms with van der Waals surface area (Å²) in [5.41, 5.74) is 8.12. The predicted molar refractivity (Wildman–Crippen MR) is 82.9 cm³/mol. The van der Waals surface area contributed by atoms with Crippen molar-refractivity contribution in [2.75, 3.05) is 5.73 Å². The summed E-state index contributed by atoms with van der Waals surface area (Å²) in [7, 11) is 0. The maximum absolute atomic E-state index is 13.8. The first-order chi connectivity index (χ1) is 9.61. The molecular formula is C14H8FIN4. The van der Waals surface area contributed by atoms with Crippen molar-refractivity contribution in [3.05, 3.63) is 51.3 Å². The van der Waals surface area contributed by atoms with Gasteiger partial charge in [-0.1, -0.05) is 12.1 Å². The van der Waals surface area contributed by atoms with Crippen LogP contribution in [0.25, 0.3) is 16.7 Å². The zero-order valence-electron chi connectivity index (χ0n) is 10.1. The summed E-state index contributed by atoms with van der Waals surface area (Å²) in [5.74, 6) is -0.113. The predicted octanol–water partition coefficient (Wildman–Crippen LogP) is 3.22. The molecule has 3 rings (SSSR count). The van der Waals surface area contributed by atoms with Crippen LogP contribution in [0.15, 0.2) is 36.4 Å². The molecule has 0 spiro atoms. The van der Waals surface area contributed by atoms with Crippen molar-refractivity contribution in [1.82, 2.24) is 9.55 Å². The highest BCUT2D eigenvalue weighted by atomic mass is 127. The Morgan fingerprint density at radius 3 is 2.80 bits per heavy atom. The molecule has 2 N–H and O–H groups in total. The molecule has 0 aliphatic heterocycles. The van der Waals surface area contributed by atoms with Crippen molar-refractivity contribution >= 4 is 39.6 Å². The van der Waals surface area contributed by atoms with Gasteiger partial charge < -0.3 is 5.73 Å². The first-order valence-electron chi connectivity index (χ1n) is 5.74. The summed E-state index contributed by atoms with van der Waals surface area (Å²) in [5, 5.41) is 9.18. The SMILES string of the molecule is N#Cc1ccccc1-n1c(N)nc2cc(I)c(F)cc21. The summed E-state index contributed by atoms with van der Waals surface area (Å²) in [6.45, 7) is 0. The van der Waals surface area contributed by atoms with Gasteiger partial charge in [-0.15, -0.1) is 0 Å². The Balaban J connectivity index is 2.40. The van der Waals surface area contributed by atoms with E-state index in [9.17, 15) is 9.65 Å². The van der Waals surface area contributed by atoms with E-state index in [2.05, 4.69) is 11.1 Å². The average molecular weight is 378 g/mol. The van der Waals surface area contributed by atoms with Gasteiger partial charge in [0.25, 0.3) is 0 Å². The van der Waals surface area contributed by atoms with Crippen LogP contribution in [0.5, 0.6) is 0 Å². The van der Waals surface area contributed by atoms with Crippen LogP contribution in [0, 0.1) is 20.7 Å². The number of nitrogens with zero attached hydrogens (tertiary/aromatic N) is 3. The molecule has 98 valence electrons. The van der Waals surface area contributed by atoms with Crippen LogP contribution in [0.3, 0.4) is 0 Å². The monoisotopic (exact) mass is 378 g/mol. The summed E-state index contributed by atoms with van der Waals surface area (Å²) >= 11 is 1.90. The molecule has 1 aromatic heterocycles. The molecule has 0 amide bonds. The molecule has 0 aliphatic carbocycles. The normalized spacial score (nSPS) is 10.7. The van der Waals surface area contributed by atoms with E-state index in [4.69, 9.17) is 5.73 Å². The number of fused-ring (bicyclic) bond motifs is 1. The maximum atomic E-state index is 13.8. The van der Waals surface area contributed by atoms with Gasteiger partial charge in [0.15, 0.2) is 0 Å². The lowest BCUT2D eigenvalue weighted by atomic mass is 10.2. The number of nitrogen functional groups attached to an aromatic ring is 1. The van der Waals surface area contributed by atoms with Gasteiger partial charge in [-0.25, -0.2) is 9.37 Å². The van der Waals surface area contributed by atoms with Crippen LogP contribution < -0.4 is 5.73 Å². The second-order valence-corrected chi connectivity index (χ2v) is 5.35. The van der Waals surface area contributed by atoms with E-state index in [1.165, 1.54) is 6.07 Å². The molecule has 0 saturated carbocycles. The Labute approximate surface area is 127 Å². The summed E-state index contributed by atoms with van der Waals surface area (Å²) in [4.78, 5) is 4.23. The number of imidazole rings is 1. The lowest BCUT2D eigenvalue weighted by Gasteiger charge is -2.08. The molecule has 0 bridgehead atoms. The van der Waals surface area contributed by atoms with Crippen LogP contribution in [0.2, 0.25) is 0 Å². The quantitative estimate of drug-likeness (QED) is 0.662. The Morgan fingerprint density at radius 2 is 2.05 bits per heavy atom. The zero-order chi connectivity index (χ0) is 14.3. The number of rotatable bonds is 1. The molecule has 0 atom stereocenters. The number of hydrogen-bond donors (Lipinski definition) is 1. The minimum atomic E-state index is -0.339. The number of halogens is 2. The first kappa shape index (κ1) is 12.9. The van der Waals surface area contributed by atoms with E-state index in [1.807, 2.05) is 22.6 Å². The van der Waals surface area contributed by atoms with E-state index in [1.54, 1.807) is 34.9 Å². The molecular weight excluding hydrogens is 370 g/mol. The summed E-state index contributed by atoms with van der Waals surface area (Å²) < 4.78 is 15.9. The third-order valence-corrected chi connectivity index (χ3v) is 3.81. The average Bonchev–Trinajstić information content (AvgIpc) is 2.74. The first-order valence-corrected chi connectivity index (χ1v) is 6.82. The second kappa shape index (κ2) is 4.76. The van der Waals surface area contributed by atoms with Crippen molar-refractivity contribution < 1.29 is 4.39 Å². The van der Waals surface area contributed by atoms with Gasteiger partial charge in [0.05, 0.1) is 25.9 Å². The van der Waals surface area contributed by atoms with Crippen molar-refractivity contribution in [2.24, 2.45) is 0 Å². The van der Waals surface area contributed by atoms with Gasteiger partial charge in [0, 0.05) is 6.07 Å². The van der Waals surface area contributed by atoms with Gasteiger partial charge in [-0.05, 0) is 40.8 Å². The Hall–Kier alpha value is -2.14. The van der Waals surface area contributed by atoms with Gasteiger partial charge >= 0.3 is 0 Å². The number of hydrogen-bond acceptors (Lipinski definition) is 3. The third-order valence-electron chi connectivity index (χ3n) is 2.99. The number of benzene rings is 2. The maximum Gasteiger partial charge on any atom is 0.205 e. The Bertz CT molecular complexity index is 863. The van der Waals surface area contributed by atoms with E-state index in [0.717, 1.165) is 0 Å². The van der Waals surface area contributed by atoms with Crippen molar-refractivity contribution in [3.8, 4) is 11.8 Å². The van der Waals surface area contributed by atoms with Gasteiger partial charge in [0.2, 0.25) is 5.95 Å². The standard InChI is InChI=1S/C14H8FIN4/c15-9-5-13-11(6-10(9)16)19-14(18)20(13)12-4-2-1-3-8(12)7-17/h1-6H,(H2,18,19). The number of para-hydroxylation sites is 1. The van der Waals surface area contributed by atoms with Crippen molar-refractivity contribution in [3.63, 3.8) is 0 Å². The van der Waals surface area contributed by atoms with Crippen LogP contribution >= 0.6 is 22.6 Å². The van der Waals surface area contributed by atoms with E-state index < -0.39 is 0 Å². The highest BCUT2D eigenvalue weighted by molar-refractivity contribution is 14.1. The van der Waals surface area contributed by atoms with Gasteiger partial charge in [-0.2, -0.15) is 5.26 Å². The van der Waals surface area contributed by atoms with Crippen molar-refractivity contribution in [2.45, 2.75) is 0 Å². The number of nitrogens with two attached hydrogens (primary N) is 1. The fourth-order valence-electron chi connectivity index (χ4n) is 2.11. The fourth-order valence-corrected chi connectivity index (χ4v) is 2.56. The Morgan fingerprint density at radius 1 is 1.30 bits per heavy atom. The second-order valence-electron chi connectivity index (χ2n) is 4.19. The number of anilines is 1. The van der Waals surface area contributed by atoms with Crippen LogP contribution in [-0.2, 0) is 0 Å². The topological polar surface area (TPSA) is 67.6 Å². The minimum Gasteiger partial charge on any atom is -0.369 e. The molecule has 2 aromatic carbocycles. The largest absolute Gasteiger partial charge is 0.369 e. The molecule has 0 saturated heterocycles. The molecule has 0 unspecified atom stereocenters. The van der Waals surface area contributed by atoms with E-state index in [0.29, 0.717) is 25.9 Å².